The minimum atomic E-state index is 0.0389. The van der Waals surface area contributed by atoms with Crippen LogP contribution in [0.3, 0.4) is 0 Å². The van der Waals surface area contributed by atoms with Crippen molar-refractivity contribution in [2.75, 3.05) is 13.2 Å². The van der Waals surface area contributed by atoms with E-state index < -0.39 is 0 Å². The van der Waals surface area contributed by atoms with Crippen LogP contribution in [0.25, 0.3) is 5.65 Å². The molecule has 2 bridgehead atoms. The molecule has 0 aliphatic carbocycles. The zero-order valence-corrected chi connectivity index (χ0v) is 11.0. The van der Waals surface area contributed by atoms with Crippen molar-refractivity contribution in [3.8, 4) is 0 Å². The summed E-state index contributed by atoms with van der Waals surface area (Å²) >= 11 is 0. The van der Waals surface area contributed by atoms with Gasteiger partial charge in [-0.3, -0.25) is 4.79 Å². The van der Waals surface area contributed by atoms with Crippen LogP contribution in [0.1, 0.15) is 23.3 Å². The number of carbonyl (C=O) groups excluding carboxylic acids is 1. The van der Waals surface area contributed by atoms with E-state index in [0.29, 0.717) is 36.6 Å². The van der Waals surface area contributed by atoms with Crippen LogP contribution < -0.4 is 5.32 Å². The summed E-state index contributed by atoms with van der Waals surface area (Å²) in [4.78, 5) is 17.0. The minimum Gasteiger partial charge on any atom is -0.378 e. The van der Waals surface area contributed by atoms with Crippen LogP contribution in [0, 0.1) is 5.92 Å². The fourth-order valence-electron chi connectivity index (χ4n) is 3.26. The molecular weight excluding hydrogens is 256 g/mol. The normalized spacial score (nSPS) is 29.5. The molecule has 104 valence electrons. The maximum absolute atomic E-state index is 12.7. The van der Waals surface area contributed by atoms with E-state index in [-0.39, 0.29) is 11.7 Å². The number of carbonyl (C=O) groups is 1. The maximum Gasteiger partial charge on any atom is 0.186 e. The van der Waals surface area contributed by atoms with Crippen molar-refractivity contribution < 1.29 is 9.53 Å². The first kappa shape index (κ1) is 12.0. The maximum atomic E-state index is 12.7. The van der Waals surface area contributed by atoms with Crippen molar-refractivity contribution in [3.63, 3.8) is 0 Å². The van der Waals surface area contributed by atoms with Gasteiger partial charge in [-0.1, -0.05) is 0 Å². The van der Waals surface area contributed by atoms with Crippen molar-refractivity contribution in [1.29, 1.82) is 0 Å². The molecule has 0 saturated carbocycles. The van der Waals surface area contributed by atoms with Gasteiger partial charge in [0.1, 0.15) is 5.69 Å². The van der Waals surface area contributed by atoms with Gasteiger partial charge in [0, 0.05) is 24.2 Å². The van der Waals surface area contributed by atoms with Crippen LogP contribution in [0.15, 0.2) is 24.5 Å². The Kier molecular flexibility index (Phi) is 2.78. The Labute approximate surface area is 116 Å². The largest absolute Gasteiger partial charge is 0.378 e. The first-order valence-electron chi connectivity index (χ1n) is 6.98. The SMILES string of the molecule is O=C(c1cnc2cccnn12)C1CC2COCC(C1)N2. The van der Waals surface area contributed by atoms with Crippen LogP contribution >= 0.6 is 0 Å². The van der Waals surface area contributed by atoms with E-state index in [4.69, 9.17) is 4.74 Å². The highest BCUT2D eigenvalue weighted by molar-refractivity contribution is 5.97. The zero-order chi connectivity index (χ0) is 13.5. The summed E-state index contributed by atoms with van der Waals surface area (Å²) in [5.41, 5.74) is 1.31. The molecule has 0 radical (unpaired) electrons. The van der Waals surface area contributed by atoms with E-state index in [9.17, 15) is 4.79 Å². The topological polar surface area (TPSA) is 68.5 Å². The van der Waals surface area contributed by atoms with E-state index in [0.717, 1.165) is 12.8 Å². The molecule has 1 N–H and O–H groups in total. The second-order valence-corrected chi connectivity index (χ2v) is 5.57. The summed E-state index contributed by atoms with van der Waals surface area (Å²) in [7, 11) is 0. The number of rotatable bonds is 2. The average molecular weight is 272 g/mol. The van der Waals surface area contributed by atoms with Gasteiger partial charge in [0.25, 0.3) is 0 Å². The molecular formula is C14H16N4O2. The number of hydrogen-bond donors (Lipinski definition) is 1. The van der Waals surface area contributed by atoms with Gasteiger partial charge in [0.05, 0.1) is 19.4 Å². The number of nitrogens with zero attached hydrogens (tertiary/aromatic N) is 3. The van der Waals surface area contributed by atoms with Crippen LogP contribution in [-0.2, 0) is 4.74 Å². The van der Waals surface area contributed by atoms with E-state index in [1.54, 1.807) is 16.9 Å². The molecule has 0 aromatic carbocycles. The number of ether oxygens (including phenoxy) is 1. The van der Waals surface area contributed by atoms with Gasteiger partial charge in [-0.15, -0.1) is 0 Å². The molecule has 20 heavy (non-hydrogen) atoms. The molecule has 4 heterocycles. The van der Waals surface area contributed by atoms with Gasteiger partial charge in [-0.25, -0.2) is 9.50 Å². The van der Waals surface area contributed by atoms with E-state index in [2.05, 4.69) is 15.4 Å². The lowest BCUT2D eigenvalue weighted by Crippen LogP contribution is -2.55. The number of imidazole rings is 1. The van der Waals surface area contributed by atoms with Gasteiger partial charge < -0.3 is 10.1 Å². The Balaban J connectivity index is 1.63. The smallest absolute Gasteiger partial charge is 0.186 e. The Morgan fingerprint density at radius 1 is 1.35 bits per heavy atom. The average Bonchev–Trinajstić information content (AvgIpc) is 2.90. The summed E-state index contributed by atoms with van der Waals surface area (Å²) in [6.45, 7) is 1.40. The van der Waals surface area contributed by atoms with Crippen molar-refractivity contribution >= 4 is 11.4 Å². The predicted octanol–water partition coefficient (Wildman–Crippen LogP) is 0.679. The molecule has 2 aliphatic rings. The zero-order valence-electron chi connectivity index (χ0n) is 11.0. The molecule has 2 aromatic rings. The predicted molar refractivity (Wildman–Crippen MR) is 71.6 cm³/mol. The number of fused-ring (bicyclic) bond motifs is 3. The summed E-state index contributed by atoms with van der Waals surface area (Å²) < 4.78 is 7.16. The molecule has 2 saturated heterocycles. The highest BCUT2D eigenvalue weighted by Crippen LogP contribution is 2.27. The Morgan fingerprint density at radius 3 is 2.95 bits per heavy atom. The first-order valence-corrected chi connectivity index (χ1v) is 6.98. The van der Waals surface area contributed by atoms with Crippen LogP contribution in [0.4, 0.5) is 0 Å². The summed E-state index contributed by atoms with van der Waals surface area (Å²) in [5.74, 6) is 0.187. The molecule has 2 aliphatic heterocycles. The number of nitrogens with one attached hydrogen (secondary N) is 1. The number of Topliss-reactive ketones (excluding diaryl/α,β-unsaturated/α-hetero) is 1. The Bertz CT molecular complexity index is 641. The van der Waals surface area contributed by atoms with Gasteiger partial charge in [0.2, 0.25) is 0 Å². The lowest BCUT2D eigenvalue weighted by Gasteiger charge is -2.39. The highest BCUT2D eigenvalue weighted by Gasteiger charge is 2.36. The van der Waals surface area contributed by atoms with Gasteiger partial charge in [-0.05, 0) is 25.0 Å². The molecule has 2 fully saturated rings. The summed E-state index contributed by atoms with van der Waals surface area (Å²) in [5, 5.41) is 7.73. The number of hydrogen-bond acceptors (Lipinski definition) is 5. The molecule has 6 nitrogen and oxygen atoms in total. The molecule has 2 aromatic heterocycles. The number of aromatic nitrogens is 3. The van der Waals surface area contributed by atoms with E-state index in [1.807, 2.05) is 12.1 Å². The van der Waals surface area contributed by atoms with Crippen molar-refractivity contribution in [2.24, 2.45) is 5.92 Å². The third kappa shape index (κ3) is 1.92. The fraction of sp³-hybridized carbons (Fsp3) is 0.500. The van der Waals surface area contributed by atoms with Crippen molar-refractivity contribution in [1.82, 2.24) is 19.9 Å². The molecule has 0 spiro atoms. The monoisotopic (exact) mass is 272 g/mol. The highest BCUT2D eigenvalue weighted by atomic mass is 16.5. The summed E-state index contributed by atoms with van der Waals surface area (Å²) in [6.07, 6.45) is 4.97. The lowest BCUT2D eigenvalue weighted by molar-refractivity contribution is 0.00939. The minimum absolute atomic E-state index is 0.0389. The van der Waals surface area contributed by atoms with Crippen molar-refractivity contribution in [2.45, 2.75) is 24.9 Å². The number of ketones is 1. The van der Waals surface area contributed by atoms with Crippen molar-refractivity contribution in [3.05, 3.63) is 30.2 Å². The van der Waals surface area contributed by atoms with E-state index in [1.165, 1.54) is 0 Å². The fourth-order valence-corrected chi connectivity index (χ4v) is 3.26. The molecule has 6 heteroatoms. The second kappa shape index (κ2) is 4.64. The van der Waals surface area contributed by atoms with E-state index >= 15 is 0 Å². The van der Waals surface area contributed by atoms with Gasteiger partial charge >= 0.3 is 0 Å². The lowest BCUT2D eigenvalue weighted by atomic mass is 9.83. The third-order valence-electron chi connectivity index (χ3n) is 4.15. The van der Waals surface area contributed by atoms with Crippen LogP contribution in [0.2, 0.25) is 0 Å². The van der Waals surface area contributed by atoms with Crippen LogP contribution in [0.5, 0.6) is 0 Å². The van der Waals surface area contributed by atoms with Crippen LogP contribution in [-0.4, -0.2) is 45.7 Å². The Hall–Kier alpha value is -1.79. The number of piperidine rings is 1. The molecule has 0 amide bonds. The first-order chi connectivity index (χ1) is 9.81. The standard InChI is InChI=1S/C14H16N4O2/c19-14(9-4-10-7-20-8-11(5-9)17-10)12-6-15-13-2-1-3-16-18(12)13/h1-3,6,9-11,17H,4-5,7-8H2. The quantitative estimate of drug-likeness (QED) is 0.814. The molecule has 2 atom stereocenters. The second-order valence-electron chi connectivity index (χ2n) is 5.57. The summed E-state index contributed by atoms with van der Waals surface area (Å²) in [6, 6.07) is 4.27. The Morgan fingerprint density at radius 2 is 2.15 bits per heavy atom. The third-order valence-corrected chi connectivity index (χ3v) is 4.15. The molecule has 2 unspecified atom stereocenters. The number of morpholine rings is 1. The van der Waals surface area contributed by atoms with Gasteiger partial charge in [-0.2, -0.15) is 5.10 Å². The molecule has 4 rings (SSSR count). The van der Waals surface area contributed by atoms with Gasteiger partial charge in [0.15, 0.2) is 11.4 Å².